The van der Waals surface area contributed by atoms with Crippen LogP contribution < -0.4 is 4.90 Å². The number of hydrogen-bond acceptors (Lipinski definition) is 2. The van der Waals surface area contributed by atoms with Gasteiger partial charge in [0.1, 0.15) is 11.9 Å². The standard InChI is InChI=1S/C16H22FNO2/c1-5-13(15(19)20)18-14-7-6-11(17)8-12(14)10(2)9-16(18,3)4/h6-8,10,13H,5,9H2,1-4H3,(H,19,20)/t10-,13+/m0/s1. The van der Waals surface area contributed by atoms with Crippen molar-refractivity contribution in [2.75, 3.05) is 4.90 Å². The number of benzene rings is 1. The van der Waals surface area contributed by atoms with E-state index in [-0.39, 0.29) is 17.3 Å². The molecule has 0 radical (unpaired) electrons. The van der Waals surface area contributed by atoms with Gasteiger partial charge < -0.3 is 10.0 Å². The number of nitrogens with zero attached hydrogens (tertiary/aromatic N) is 1. The van der Waals surface area contributed by atoms with Gasteiger partial charge in [-0.05, 0) is 56.4 Å². The van der Waals surface area contributed by atoms with Crippen LogP contribution in [0.15, 0.2) is 18.2 Å². The van der Waals surface area contributed by atoms with E-state index < -0.39 is 12.0 Å². The van der Waals surface area contributed by atoms with E-state index >= 15 is 0 Å². The van der Waals surface area contributed by atoms with Crippen LogP contribution in [0.3, 0.4) is 0 Å². The van der Waals surface area contributed by atoms with Crippen LogP contribution in [0.4, 0.5) is 10.1 Å². The fourth-order valence-electron chi connectivity index (χ4n) is 3.48. The highest BCUT2D eigenvalue weighted by atomic mass is 19.1. The first-order valence-electron chi connectivity index (χ1n) is 7.09. The van der Waals surface area contributed by atoms with E-state index in [4.69, 9.17) is 0 Å². The molecule has 1 aliphatic rings. The lowest BCUT2D eigenvalue weighted by molar-refractivity contribution is -0.139. The number of anilines is 1. The fourth-order valence-corrected chi connectivity index (χ4v) is 3.48. The third-order valence-corrected chi connectivity index (χ3v) is 4.22. The Hall–Kier alpha value is -1.58. The Morgan fingerprint density at radius 2 is 2.20 bits per heavy atom. The minimum atomic E-state index is -0.828. The Bertz CT molecular complexity index is 527. The highest BCUT2D eigenvalue weighted by Gasteiger charge is 2.41. The largest absolute Gasteiger partial charge is 0.480 e. The number of rotatable bonds is 3. The average Bonchev–Trinajstić information content (AvgIpc) is 2.33. The molecule has 1 aromatic carbocycles. The number of halogens is 1. The molecule has 1 heterocycles. The third-order valence-electron chi connectivity index (χ3n) is 4.22. The molecule has 0 saturated heterocycles. The second-order valence-corrected chi connectivity index (χ2v) is 6.25. The van der Waals surface area contributed by atoms with Crippen molar-refractivity contribution in [2.24, 2.45) is 0 Å². The lowest BCUT2D eigenvalue weighted by Crippen LogP contribution is -2.56. The predicted molar refractivity (Wildman–Crippen MR) is 77.7 cm³/mol. The van der Waals surface area contributed by atoms with Gasteiger partial charge in [-0.3, -0.25) is 0 Å². The number of carboxylic acids is 1. The summed E-state index contributed by atoms with van der Waals surface area (Å²) in [6, 6.07) is 4.08. The molecule has 0 aromatic heterocycles. The molecule has 1 aliphatic heterocycles. The zero-order valence-corrected chi connectivity index (χ0v) is 12.5. The summed E-state index contributed by atoms with van der Waals surface area (Å²) < 4.78 is 13.5. The average molecular weight is 279 g/mol. The van der Waals surface area contributed by atoms with Crippen LogP contribution in [-0.2, 0) is 4.79 Å². The molecule has 1 aromatic rings. The summed E-state index contributed by atoms with van der Waals surface area (Å²) in [5.74, 6) is -0.873. The van der Waals surface area contributed by atoms with E-state index in [1.807, 2.05) is 11.8 Å². The molecule has 3 nitrogen and oxygen atoms in total. The number of hydrogen-bond donors (Lipinski definition) is 1. The second-order valence-electron chi connectivity index (χ2n) is 6.25. The van der Waals surface area contributed by atoms with Gasteiger partial charge in [0.15, 0.2) is 0 Å². The van der Waals surface area contributed by atoms with Gasteiger partial charge in [-0.2, -0.15) is 0 Å². The Labute approximate surface area is 119 Å². The normalized spacial score (nSPS) is 22.2. The zero-order valence-electron chi connectivity index (χ0n) is 12.5. The zero-order chi connectivity index (χ0) is 15.1. The SMILES string of the molecule is CC[C@H](C(=O)O)N1c2ccc(F)cc2[C@@H](C)CC1(C)C. The van der Waals surface area contributed by atoms with Crippen LogP contribution in [0.5, 0.6) is 0 Å². The predicted octanol–water partition coefficient (Wildman–Crippen LogP) is 3.78. The highest BCUT2D eigenvalue weighted by molar-refractivity contribution is 5.80. The number of carboxylic acid groups (broad SMARTS) is 1. The minimum Gasteiger partial charge on any atom is -0.480 e. The van der Waals surface area contributed by atoms with Gasteiger partial charge in [0.05, 0.1) is 0 Å². The summed E-state index contributed by atoms with van der Waals surface area (Å²) in [5.41, 5.74) is 1.50. The van der Waals surface area contributed by atoms with Crippen molar-refractivity contribution in [1.29, 1.82) is 0 Å². The quantitative estimate of drug-likeness (QED) is 0.915. The molecule has 0 spiro atoms. The molecule has 0 fully saturated rings. The summed E-state index contributed by atoms with van der Waals surface area (Å²) in [4.78, 5) is 13.5. The molecule has 0 aliphatic carbocycles. The molecule has 110 valence electrons. The molecule has 1 N–H and O–H groups in total. The van der Waals surface area contributed by atoms with Crippen molar-refractivity contribution in [3.8, 4) is 0 Å². The summed E-state index contributed by atoms with van der Waals surface area (Å²) in [5, 5.41) is 9.49. The summed E-state index contributed by atoms with van der Waals surface area (Å²) in [6.07, 6.45) is 1.33. The first-order chi connectivity index (χ1) is 9.27. The van der Waals surface area contributed by atoms with Crippen LogP contribution >= 0.6 is 0 Å². The molecule has 0 bridgehead atoms. The first kappa shape index (κ1) is 14.8. The van der Waals surface area contributed by atoms with Gasteiger partial charge in [0, 0.05) is 11.2 Å². The van der Waals surface area contributed by atoms with E-state index in [0.29, 0.717) is 6.42 Å². The molecule has 0 saturated carbocycles. The lowest BCUT2D eigenvalue weighted by atomic mass is 9.79. The third kappa shape index (κ3) is 2.39. The van der Waals surface area contributed by atoms with E-state index in [9.17, 15) is 14.3 Å². The van der Waals surface area contributed by atoms with Crippen LogP contribution in [0, 0.1) is 5.82 Å². The van der Waals surface area contributed by atoms with Crippen LogP contribution in [0.25, 0.3) is 0 Å². The van der Waals surface area contributed by atoms with E-state index in [0.717, 1.165) is 17.7 Å². The van der Waals surface area contributed by atoms with Gasteiger partial charge in [0.25, 0.3) is 0 Å². The van der Waals surface area contributed by atoms with Crippen molar-refractivity contribution in [2.45, 2.75) is 58.0 Å². The summed E-state index contributed by atoms with van der Waals surface area (Å²) in [6.45, 7) is 8.05. The van der Waals surface area contributed by atoms with Gasteiger partial charge in [-0.1, -0.05) is 13.8 Å². The molecule has 2 rings (SSSR count). The topological polar surface area (TPSA) is 40.5 Å². The molecule has 20 heavy (non-hydrogen) atoms. The fraction of sp³-hybridized carbons (Fsp3) is 0.562. The van der Waals surface area contributed by atoms with E-state index in [1.165, 1.54) is 12.1 Å². The molecule has 2 atom stereocenters. The van der Waals surface area contributed by atoms with Crippen molar-refractivity contribution in [3.63, 3.8) is 0 Å². The van der Waals surface area contributed by atoms with Gasteiger partial charge >= 0.3 is 5.97 Å². The number of fused-ring (bicyclic) bond motifs is 1. The number of carbonyl (C=O) groups is 1. The smallest absolute Gasteiger partial charge is 0.326 e. The summed E-state index contributed by atoms with van der Waals surface area (Å²) >= 11 is 0. The van der Waals surface area contributed by atoms with E-state index in [2.05, 4.69) is 20.8 Å². The molecule has 0 amide bonds. The van der Waals surface area contributed by atoms with Gasteiger partial charge in [-0.25, -0.2) is 9.18 Å². The maximum absolute atomic E-state index is 13.5. The van der Waals surface area contributed by atoms with Crippen LogP contribution in [0.1, 0.15) is 52.0 Å². The highest BCUT2D eigenvalue weighted by Crippen LogP contribution is 2.44. The van der Waals surface area contributed by atoms with Crippen LogP contribution in [0.2, 0.25) is 0 Å². The molecular weight excluding hydrogens is 257 g/mol. The van der Waals surface area contributed by atoms with Gasteiger partial charge in [-0.15, -0.1) is 0 Å². The Morgan fingerprint density at radius 3 is 2.75 bits per heavy atom. The van der Waals surface area contributed by atoms with Gasteiger partial charge in [0.2, 0.25) is 0 Å². The number of aliphatic carboxylic acids is 1. The maximum atomic E-state index is 13.5. The van der Waals surface area contributed by atoms with Crippen LogP contribution in [-0.4, -0.2) is 22.7 Å². The molecular formula is C16H22FNO2. The van der Waals surface area contributed by atoms with E-state index in [1.54, 1.807) is 6.07 Å². The minimum absolute atomic E-state index is 0.221. The Balaban J connectivity index is 2.59. The van der Waals surface area contributed by atoms with Crippen molar-refractivity contribution < 1.29 is 14.3 Å². The second kappa shape index (κ2) is 5.08. The molecule has 0 unspecified atom stereocenters. The Morgan fingerprint density at radius 1 is 1.55 bits per heavy atom. The maximum Gasteiger partial charge on any atom is 0.326 e. The molecule has 4 heteroatoms. The lowest BCUT2D eigenvalue weighted by Gasteiger charge is -2.50. The monoisotopic (exact) mass is 279 g/mol. The Kier molecular flexibility index (Phi) is 3.76. The van der Waals surface area contributed by atoms with Crippen molar-refractivity contribution in [1.82, 2.24) is 0 Å². The van der Waals surface area contributed by atoms with Crippen molar-refractivity contribution in [3.05, 3.63) is 29.6 Å². The summed E-state index contributed by atoms with van der Waals surface area (Å²) in [7, 11) is 0. The first-order valence-corrected chi connectivity index (χ1v) is 7.09. The van der Waals surface area contributed by atoms with Crippen molar-refractivity contribution >= 4 is 11.7 Å².